The van der Waals surface area contributed by atoms with Crippen LogP contribution < -0.4 is 5.32 Å². The van der Waals surface area contributed by atoms with Gasteiger partial charge in [-0.1, -0.05) is 25.5 Å². The molecule has 1 amide bonds. The standard InChI is InChI=1S/C16H24N2O3/c1-4-5-13-6-8-14(9-7-13)17-15(19)10-18(12(2)3)11-16(20)21/h6-9,12H,4-5,10-11H2,1-3H3,(H,17,19)(H,20,21). The van der Waals surface area contributed by atoms with Gasteiger partial charge in [0, 0.05) is 11.7 Å². The molecule has 1 rings (SSSR count). The molecule has 0 bridgehead atoms. The number of aliphatic carboxylic acids is 1. The molecule has 0 aromatic heterocycles. The van der Waals surface area contributed by atoms with Crippen LogP contribution in [0, 0.1) is 0 Å². The molecular weight excluding hydrogens is 268 g/mol. The average Bonchev–Trinajstić information content (AvgIpc) is 2.40. The largest absolute Gasteiger partial charge is 0.480 e. The molecule has 116 valence electrons. The summed E-state index contributed by atoms with van der Waals surface area (Å²) in [6.45, 7) is 5.80. The zero-order chi connectivity index (χ0) is 15.8. The Hall–Kier alpha value is -1.88. The minimum absolute atomic E-state index is 0.00113. The molecule has 0 spiro atoms. The van der Waals surface area contributed by atoms with Crippen molar-refractivity contribution in [3.8, 4) is 0 Å². The lowest BCUT2D eigenvalue weighted by Gasteiger charge is -2.23. The molecular formula is C16H24N2O3. The van der Waals surface area contributed by atoms with Crippen molar-refractivity contribution in [2.24, 2.45) is 0 Å². The molecule has 5 heteroatoms. The second-order valence-electron chi connectivity index (χ2n) is 5.39. The van der Waals surface area contributed by atoms with Crippen LogP contribution in [0.25, 0.3) is 0 Å². The quantitative estimate of drug-likeness (QED) is 0.772. The number of carbonyl (C=O) groups excluding carboxylic acids is 1. The molecule has 2 N–H and O–H groups in total. The molecule has 1 aromatic rings. The van der Waals surface area contributed by atoms with Gasteiger partial charge in [-0.05, 0) is 38.0 Å². The zero-order valence-electron chi connectivity index (χ0n) is 12.9. The van der Waals surface area contributed by atoms with Crippen LogP contribution in [0.3, 0.4) is 0 Å². The van der Waals surface area contributed by atoms with Crippen molar-refractivity contribution in [2.45, 2.75) is 39.7 Å². The number of anilines is 1. The molecule has 5 nitrogen and oxygen atoms in total. The van der Waals surface area contributed by atoms with Crippen molar-refractivity contribution in [1.82, 2.24) is 4.90 Å². The van der Waals surface area contributed by atoms with E-state index in [1.807, 2.05) is 38.1 Å². The van der Waals surface area contributed by atoms with Crippen LogP contribution >= 0.6 is 0 Å². The van der Waals surface area contributed by atoms with Crippen molar-refractivity contribution in [1.29, 1.82) is 0 Å². The maximum Gasteiger partial charge on any atom is 0.317 e. The summed E-state index contributed by atoms with van der Waals surface area (Å²) >= 11 is 0. The van der Waals surface area contributed by atoms with Gasteiger partial charge in [0.2, 0.25) is 5.91 Å². The van der Waals surface area contributed by atoms with E-state index in [9.17, 15) is 9.59 Å². The molecule has 0 unspecified atom stereocenters. The van der Waals surface area contributed by atoms with Crippen molar-refractivity contribution in [3.63, 3.8) is 0 Å². The zero-order valence-corrected chi connectivity index (χ0v) is 12.9. The number of rotatable bonds is 8. The van der Waals surface area contributed by atoms with Crippen molar-refractivity contribution in [2.75, 3.05) is 18.4 Å². The number of nitrogens with zero attached hydrogens (tertiary/aromatic N) is 1. The number of aryl methyl sites for hydroxylation is 1. The Kier molecular flexibility index (Phi) is 6.88. The minimum atomic E-state index is -0.930. The summed E-state index contributed by atoms with van der Waals surface area (Å²) in [5, 5.41) is 11.6. The van der Waals surface area contributed by atoms with E-state index in [0.717, 1.165) is 18.5 Å². The predicted molar refractivity (Wildman–Crippen MR) is 83.4 cm³/mol. The number of carboxylic acid groups (broad SMARTS) is 1. The topological polar surface area (TPSA) is 69.6 Å². The first-order valence-electron chi connectivity index (χ1n) is 7.27. The van der Waals surface area contributed by atoms with Gasteiger partial charge in [0.15, 0.2) is 0 Å². The van der Waals surface area contributed by atoms with Gasteiger partial charge >= 0.3 is 5.97 Å². The van der Waals surface area contributed by atoms with Crippen LogP contribution in [-0.2, 0) is 16.0 Å². The van der Waals surface area contributed by atoms with E-state index in [1.54, 1.807) is 4.90 Å². The highest BCUT2D eigenvalue weighted by atomic mass is 16.4. The second kappa shape index (κ2) is 8.42. The fraction of sp³-hybridized carbons (Fsp3) is 0.500. The summed E-state index contributed by atoms with van der Waals surface area (Å²) in [6.07, 6.45) is 2.11. The van der Waals surface area contributed by atoms with Crippen LogP contribution in [0.1, 0.15) is 32.8 Å². The predicted octanol–water partition coefficient (Wildman–Crippen LogP) is 2.37. The van der Waals surface area contributed by atoms with Crippen LogP contribution in [0.2, 0.25) is 0 Å². The Balaban J connectivity index is 2.57. The first-order valence-corrected chi connectivity index (χ1v) is 7.27. The van der Waals surface area contributed by atoms with Crippen LogP contribution in [0.4, 0.5) is 5.69 Å². The van der Waals surface area contributed by atoms with Gasteiger partial charge in [0.05, 0.1) is 13.1 Å². The van der Waals surface area contributed by atoms with E-state index < -0.39 is 5.97 Å². The highest BCUT2D eigenvalue weighted by molar-refractivity contribution is 5.92. The van der Waals surface area contributed by atoms with Gasteiger partial charge < -0.3 is 10.4 Å². The van der Waals surface area contributed by atoms with Crippen LogP contribution in [0.5, 0.6) is 0 Å². The Morgan fingerprint density at radius 1 is 1.19 bits per heavy atom. The Labute approximate surface area is 126 Å². The molecule has 0 fully saturated rings. The lowest BCUT2D eigenvalue weighted by Crippen LogP contribution is -2.41. The van der Waals surface area contributed by atoms with E-state index >= 15 is 0 Å². The number of carbonyl (C=O) groups is 2. The highest BCUT2D eigenvalue weighted by Crippen LogP contribution is 2.11. The highest BCUT2D eigenvalue weighted by Gasteiger charge is 2.16. The summed E-state index contributed by atoms with van der Waals surface area (Å²) in [5.41, 5.74) is 1.98. The molecule has 0 aliphatic rings. The molecule has 0 heterocycles. The summed E-state index contributed by atoms with van der Waals surface area (Å²) < 4.78 is 0. The van der Waals surface area contributed by atoms with Gasteiger partial charge in [0.1, 0.15) is 0 Å². The van der Waals surface area contributed by atoms with Crippen LogP contribution in [-0.4, -0.2) is 41.0 Å². The Bertz CT molecular complexity index is 469. The van der Waals surface area contributed by atoms with E-state index in [-0.39, 0.29) is 25.0 Å². The van der Waals surface area contributed by atoms with Gasteiger partial charge in [-0.3, -0.25) is 14.5 Å². The van der Waals surface area contributed by atoms with E-state index in [2.05, 4.69) is 12.2 Å². The van der Waals surface area contributed by atoms with Crippen molar-refractivity contribution < 1.29 is 14.7 Å². The first-order chi connectivity index (χ1) is 9.92. The third-order valence-corrected chi connectivity index (χ3v) is 3.19. The van der Waals surface area contributed by atoms with Crippen molar-refractivity contribution in [3.05, 3.63) is 29.8 Å². The minimum Gasteiger partial charge on any atom is -0.480 e. The smallest absolute Gasteiger partial charge is 0.317 e. The van der Waals surface area contributed by atoms with E-state index in [0.29, 0.717) is 0 Å². The third kappa shape index (κ3) is 6.40. The lowest BCUT2D eigenvalue weighted by molar-refractivity contribution is -0.139. The molecule has 21 heavy (non-hydrogen) atoms. The van der Waals surface area contributed by atoms with Gasteiger partial charge in [-0.25, -0.2) is 0 Å². The maximum absolute atomic E-state index is 12.0. The van der Waals surface area contributed by atoms with Crippen LogP contribution in [0.15, 0.2) is 24.3 Å². The summed E-state index contributed by atoms with van der Waals surface area (Å²) in [7, 11) is 0. The number of nitrogens with one attached hydrogen (secondary N) is 1. The van der Waals surface area contributed by atoms with E-state index in [1.165, 1.54) is 5.56 Å². The molecule has 0 radical (unpaired) electrons. The molecule has 0 saturated carbocycles. The molecule has 0 aliphatic heterocycles. The maximum atomic E-state index is 12.0. The second-order valence-corrected chi connectivity index (χ2v) is 5.39. The molecule has 1 aromatic carbocycles. The monoisotopic (exact) mass is 292 g/mol. The summed E-state index contributed by atoms with van der Waals surface area (Å²) in [6, 6.07) is 7.74. The number of amides is 1. The third-order valence-electron chi connectivity index (χ3n) is 3.19. The molecule has 0 atom stereocenters. The SMILES string of the molecule is CCCc1ccc(NC(=O)CN(CC(=O)O)C(C)C)cc1. The average molecular weight is 292 g/mol. The number of benzene rings is 1. The van der Waals surface area contributed by atoms with E-state index in [4.69, 9.17) is 5.11 Å². The number of hydrogen-bond donors (Lipinski definition) is 2. The lowest BCUT2D eigenvalue weighted by atomic mass is 10.1. The molecule has 0 aliphatic carbocycles. The summed E-state index contributed by atoms with van der Waals surface area (Å²) in [4.78, 5) is 24.4. The number of hydrogen-bond acceptors (Lipinski definition) is 3. The fourth-order valence-corrected chi connectivity index (χ4v) is 2.02. The molecule has 0 saturated heterocycles. The van der Waals surface area contributed by atoms with Gasteiger partial charge in [-0.15, -0.1) is 0 Å². The fourth-order valence-electron chi connectivity index (χ4n) is 2.02. The van der Waals surface area contributed by atoms with Gasteiger partial charge in [-0.2, -0.15) is 0 Å². The summed E-state index contributed by atoms with van der Waals surface area (Å²) in [5.74, 6) is -1.13. The Morgan fingerprint density at radius 3 is 2.29 bits per heavy atom. The van der Waals surface area contributed by atoms with Gasteiger partial charge in [0.25, 0.3) is 0 Å². The number of carboxylic acids is 1. The normalized spacial score (nSPS) is 10.9. The Morgan fingerprint density at radius 2 is 1.81 bits per heavy atom. The van der Waals surface area contributed by atoms with Crippen molar-refractivity contribution >= 4 is 17.6 Å². The first kappa shape index (κ1) is 17.2.